The van der Waals surface area contributed by atoms with Crippen molar-refractivity contribution < 1.29 is 60.5 Å². The van der Waals surface area contributed by atoms with E-state index < -0.39 is 110 Å². The van der Waals surface area contributed by atoms with Gasteiger partial charge >= 0.3 is 6.09 Å². The maximum atomic E-state index is 15.1. The molecule has 4 aliphatic rings. The molecule has 0 bridgehead atoms. The lowest BCUT2D eigenvalue weighted by Crippen LogP contribution is -2.60. The smallest absolute Gasteiger partial charge is 0.423 e. The summed E-state index contributed by atoms with van der Waals surface area (Å²) in [6.45, 7) is 0. The summed E-state index contributed by atoms with van der Waals surface area (Å²) >= 11 is 17.3. The van der Waals surface area contributed by atoms with Crippen LogP contribution in [0.2, 0.25) is 0 Å². The van der Waals surface area contributed by atoms with Crippen LogP contribution in [-0.2, 0) is 23.9 Å². The van der Waals surface area contributed by atoms with Gasteiger partial charge in [0.05, 0.1) is 26.1 Å². The first-order valence-corrected chi connectivity index (χ1v) is 15.0. The lowest BCUT2D eigenvalue weighted by molar-refractivity contribution is -0.138. The van der Waals surface area contributed by atoms with Crippen molar-refractivity contribution in [1.82, 2.24) is 4.90 Å². The number of methoxy groups -OCH3 is 2. The van der Waals surface area contributed by atoms with Gasteiger partial charge in [0.2, 0.25) is 17.6 Å². The average molecular weight is 768 g/mol. The van der Waals surface area contributed by atoms with E-state index in [0.717, 1.165) is 7.11 Å². The molecule has 47 heavy (non-hydrogen) atoms. The third-order valence-electron chi connectivity index (χ3n) is 9.18. The minimum atomic E-state index is -2.86. The number of anilines is 1. The standard InChI is InChI=1S/C29H18BrCl2F5N2O8/c1-46-13-6-8(30)5-11(22(13)40)15-9-3-4-10-14(24(42)39(23(10)41)27(45)47-2)12(9)7-28(31)25(43)38(26(44)29(15,28)32)21-19(36)17(34)16(33)18(35)20(21)37/h3,5-6,10,12,14-15,40H,4,7H2,1-2H3/t10-,12+,14-,15+,28+,29-/m0/s1. The molecule has 248 valence electrons. The minimum Gasteiger partial charge on any atom is -0.504 e. The molecule has 2 aliphatic carbocycles. The van der Waals surface area contributed by atoms with Crippen molar-refractivity contribution in [1.29, 1.82) is 0 Å². The number of nitrogens with zero attached hydrogens (tertiary/aromatic N) is 2. The van der Waals surface area contributed by atoms with E-state index in [0.29, 0.717) is 0 Å². The summed E-state index contributed by atoms with van der Waals surface area (Å²) < 4.78 is 82.9. The van der Waals surface area contributed by atoms with Crippen LogP contribution in [0.1, 0.15) is 24.3 Å². The zero-order valence-electron chi connectivity index (χ0n) is 23.7. The summed E-state index contributed by atoms with van der Waals surface area (Å²) in [5, 5.41) is 11.3. The van der Waals surface area contributed by atoms with Gasteiger partial charge in [0.1, 0.15) is 5.69 Å². The number of ether oxygens (including phenoxy) is 2. The van der Waals surface area contributed by atoms with Crippen molar-refractivity contribution >= 4 is 74.5 Å². The van der Waals surface area contributed by atoms with Crippen molar-refractivity contribution in [2.45, 2.75) is 28.5 Å². The van der Waals surface area contributed by atoms with Crippen LogP contribution in [0.4, 0.5) is 32.4 Å². The summed E-state index contributed by atoms with van der Waals surface area (Å²) in [6, 6.07) is 2.57. The first-order chi connectivity index (χ1) is 22.0. The van der Waals surface area contributed by atoms with E-state index >= 15 is 8.78 Å². The number of aromatic hydroxyl groups is 1. The number of imide groups is 4. The Kier molecular flexibility index (Phi) is 7.68. The third-order valence-corrected chi connectivity index (χ3v) is 11.0. The molecule has 0 unspecified atom stereocenters. The summed E-state index contributed by atoms with van der Waals surface area (Å²) in [7, 11) is 2.11. The molecule has 2 aliphatic heterocycles. The first kappa shape index (κ1) is 33.2. The fraction of sp³-hybridized carbons (Fsp3) is 0.345. The Hall–Kier alpha value is -3.76. The Morgan fingerprint density at radius 2 is 1.53 bits per heavy atom. The lowest BCUT2D eigenvalue weighted by atomic mass is 9.56. The number of carbonyl (C=O) groups is 5. The molecule has 2 aromatic carbocycles. The second kappa shape index (κ2) is 10.9. The predicted molar refractivity (Wildman–Crippen MR) is 153 cm³/mol. The van der Waals surface area contributed by atoms with Gasteiger partial charge in [0.25, 0.3) is 11.8 Å². The normalized spacial score (nSPS) is 29.9. The summed E-state index contributed by atoms with van der Waals surface area (Å²) in [5.74, 6) is -24.5. The third kappa shape index (κ3) is 4.09. The molecule has 1 saturated carbocycles. The molecule has 2 heterocycles. The summed E-state index contributed by atoms with van der Waals surface area (Å²) in [4.78, 5) is 61.9. The van der Waals surface area contributed by atoms with Gasteiger partial charge in [-0.3, -0.25) is 19.2 Å². The van der Waals surface area contributed by atoms with Crippen LogP contribution in [0.3, 0.4) is 0 Å². The zero-order chi connectivity index (χ0) is 34.7. The number of benzene rings is 2. The number of carbonyl (C=O) groups excluding carboxylic acids is 5. The van der Waals surface area contributed by atoms with Crippen molar-refractivity contribution in [3.63, 3.8) is 0 Å². The molecule has 0 radical (unpaired) electrons. The second-order valence-corrected chi connectivity index (χ2v) is 13.4. The molecule has 18 heteroatoms. The highest BCUT2D eigenvalue weighted by atomic mass is 79.9. The average Bonchev–Trinajstić information content (AvgIpc) is 3.38. The number of amides is 5. The molecular weight excluding hydrogens is 750 g/mol. The van der Waals surface area contributed by atoms with Gasteiger partial charge in [-0.05, 0) is 30.9 Å². The van der Waals surface area contributed by atoms with E-state index in [4.69, 9.17) is 27.9 Å². The zero-order valence-corrected chi connectivity index (χ0v) is 26.8. The number of phenols is 1. The molecule has 3 fully saturated rings. The molecule has 5 amide bonds. The van der Waals surface area contributed by atoms with Gasteiger partial charge in [0, 0.05) is 16.0 Å². The molecule has 0 spiro atoms. The molecule has 2 saturated heterocycles. The Balaban J connectivity index is 1.64. The number of fused-ring (bicyclic) bond motifs is 4. The van der Waals surface area contributed by atoms with Crippen molar-refractivity contribution in [3.05, 3.63) is 62.9 Å². The Bertz CT molecular complexity index is 1870. The van der Waals surface area contributed by atoms with Gasteiger partial charge < -0.3 is 14.6 Å². The molecule has 10 nitrogen and oxygen atoms in total. The van der Waals surface area contributed by atoms with E-state index in [1.54, 1.807) is 0 Å². The minimum absolute atomic E-state index is 0.0567. The topological polar surface area (TPSA) is 131 Å². The molecule has 6 rings (SSSR count). The number of allylic oxidation sites excluding steroid dienone is 2. The van der Waals surface area contributed by atoms with Crippen LogP contribution in [0, 0.1) is 46.8 Å². The Labute approximate surface area is 279 Å². The molecule has 1 N–H and O–H groups in total. The summed E-state index contributed by atoms with van der Waals surface area (Å²) in [5.41, 5.74) is -2.15. The first-order valence-electron chi connectivity index (χ1n) is 13.5. The maximum Gasteiger partial charge on any atom is 0.423 e. The maximum absolute atomic E-state index is 15.1. The van der Waals surface area contributed by atoms with Crippen molar-refractivity contribution in [2.24, 2.45) is 17.8 Å². The molecule has 6 atom stereocenters. The van der Waals surface area contributed by atoms with Gasteiger partial charge in [-0.2, -0.15) is 4.90 Å². The summed E-state index contributed by atoms with van der Waals surface area (Å²) in [6.07, 6.45) is -0.912. The molecular formula is C29H18BrCl2F5N2O8. The van der Waals surface area contributed by atoms with E-state index in [2.05, 4.69) is 20.7 Å². The largest absolute Gasteiger partial charge is 0.504 e. The van der Waals surface area contributed by atoms with E-state index in [1.165, 1.54) is 25.3 Å². The van der Waals surface area contributed by atoms with Crippen molar-refractivity contribution in [2.75, 3.05) is 19.1 Å². The second-order valence-electron chi connectivity index (χ2n) is 11.2. The van der Waals surface area contributed by atoms with Crippen LogP contribution in [0.25, 0.3) is 0 Å². The predicted octanol–water partition coefficient (Wildman–Crippen LogP) is 5.19. The van der Waals surface area contributed by atoms with E-state index in [-0.39, 0.29) is 37.6 Å². The Morgan fingerprint density at radius 3 is 2.11 bits per heavy atom. The highest BCUT2D eigenvalue weighted by molar-refractivity contribution is 9.10. The highest BCUT2D eigenvalue weighted by Gasteiger charge is 2.77. The van der Waals surface area contributed by atoms with Crippen LogP contribution in [0.15, 0.2) is 28.3 Å². The van der Waals surface area contributed by atoms with Gasteiger partial charge in [0.15, 0.2) is 44.5 Å². The number of likely N-dealkylation sites (tertiary alicyclic amines) is 1. The van der Waals surface area contributed by atoms with E-state index in [1.807, 2.05) is 0 Å². The van der Waals surface area contributed by atoms with E-state index in [9.17, 15) is 42.3 Å². The van der Waals surface area contributed by atoms with Crippen LogP contribution in [0.5, 0.6) is 11.5 Å². The van der Waals surface area contributed by atoms with Crippen LogP contribution >= 0.6 is 39.1 Å². The van der Waals surface area contributed by atoms with Crippen LogP contribution < -0.4 is 9.64 Å². The fourth-order valence-electron chi connectivity index (χ4n) is 7.15. The number of hydrogen-bond donors (Lipinski definition) is 1. The number of rotatable bonds is 3. The Morgan fingerprint density at radius 1 is 0.936 bits per heavy atom. The number of halogens is 8. The van der Waals surface area contributed by atoms with Gasteiger partial charge in [-0.1, -0.05) is 27.6 Å². The highest BCUT2D eigenvalue weighted by Crippen LogP contribution is 2.67. The fourth-order valence-corrected chi connectivity index (χ4v) is 8.53. The lowest BCUT2D eigenvalue weighted by Gasteiger charge is -2.50. The molecule has 2 aromatic rings. The number of alkyl halides is 2. The number of phenolic OH excluding ortho intramolecular Hbond substituents is 1. The SMILES string of the molecule is COC(=O)N1C(=O)[C@H]2[C@H](CC=C3[C@H]2C[C@@]2(Cl)C(=O)N(c4c(F)c(F)c(F)c(F)c4F)C(=O)[C@@]2(Cl)[C@H]3c2cc(Br)cc(OC)c2O)C1=O. The number of hydrogen-bond acceptors (Lipinski definition) is 8. The van der Waals surface area contributed by atoms with Gasteiger partial charge in [-0.15, -0.1) is 23.2 Å². The van der Waals surface area contributed by atoms with Crippen LogP contribution in [-0.4, -0.2) is 63.7 Å². The van der Waals surface area contributed by atoms with Crippen molar-refractivity contribution in [3.8, 4) is 11.5 Å². The van der Waals surface area contributed by atoms with Gasteiger partial charge in [-0.25, -0.2) is 31.6 Å². The molecule has 0 aromatic heterocycles. The quantitative estimate of drug-likeness (QED) is 0.113. The monoisotopic (exact) mass is 766 g/mol.